The van der Waals surface area contributed by atoms with E-state index < -0.39 is 6.23 Å². The van der Waals surface area contributed by atoms with Gasteiger partial charge in [-0.05, 0) is 55.9 Å². The van der Waals surface area contributed by atoms with E-state index in [0.29, 0.717) is 50.0 Å². The number of nitrogens with one attached hydrogen (secondary N) is 1. The van der Waals surface area contributed by atoms with Crippen LogP contribution in [-0.4, -0.2) is 108 Å². The zero-order valence-corrected chi connectivity index (χ0v) is 24.1. The number of morpholine rings is 1. The topological polar surface area (TPSA) is 105 Å². The van der Waals surface area contributed by atoms with E-state index in [1.165, 1.54) is 0 Å². The zero-order chi connectivity index (χ0) is 27.8. The van der Waals surface area contributed by atoms with Crippen LogP contribution >= 0.6 is 11.6 Å². The van der Waals surface area contributed by atoms with Gasteiger partial charge in [-0.2, -0.15) is 0 Å². The fourth-order valence-electron chi connectivity index (χ4n) is 5.50. The first-order valence-corrected chi connectivity index (χ1v) is 14.5. The second kappa shape index (κ2) is 14.5. The lowest BCUT2D eigenvalue weighted by Crippen LogP contribution is -2.57. The minimum Gasteiger partial charge on any atom is -0.385 e. The molecule has 0 bridgehead atoms. The number of nitrogens with zero attached hydrogens (tertiary/aromatic N) is 5. The minimum absolute atomic E-state index is 0.0163. The highest BCUT2D eigenvalue weighted by molar-refractivity contribution is 6.30. The summed E-state index contributed by atoms with van der Waals surface area (Å²) < 4.78 is 12.5. The molecule has 0 radical (unpaired) electrons. The minimum atomic E-state index is -0.567. The Morgan fingerprint density at radius 3 is 2.67 bits per heavy atom. The van der Waals surface area contributed by atoms with Crippen molar-refractivity contribution in [3.05, 3.63) is 40.7 Å². The van der Waals surface area contributed by atoms with Crippen molar-refractivity contribution in [3.8, 4) is 5.69 Å². The van der Waals surface area contributed by atoms with Crippen LogP contribution in [0.5, 0.6) is 0 Å². The molecule has 1 aromatic heterocycles. The van der Waals surface area contributed by atoms with E-state index >= 15 is 0 Å². The summed E-state index contributed by atoms with van der Waals surface area (Å²) in [5.74, 6) is 0.177. The molecule has 0 saturated carbocycles. The summed E-state index contributed by atoms with van der Waals surface area (Å²) in [6, 6.07) is 7.34. The van der Waals surface area contributed by atoms with Gasteiger partial charge in [-0.25, -0.2) is 4.68 Å². The first-order chi connectivity index (χ1) is 18.9. The molecule has 1 amide bonds. The number of unbranched alkanes of at least 4 members (excludes halogenated alkanes) is 1. The Kier molecular flexibility index (Phi) is 11.1. The maximum atomic E-state index is 14.2. The van der Waals surface area contributed by atoms with Crippen LogP contribution in [0, 0.1) is 11.8 Å². The average Bonchev–Trinajstić information content (AvgIpc) is 3.38. The molecule has 3 atom stereocenters. The van der Waals surface area contributed by atoms with Crippen LogP contribution in [0.15, 0.2) is 24.3 Å². The van der Waals surface area contributed by atoms with Crippen molar-refractivity contribution in [2.24, 2.45) is 11.8 Å². The summed E-state index contributed by atoms with van der Waals surface area (Å²) in [5, 5.41) is 24.1. The molecule has 2 aromatic rings. The van der Waals surface area contributed by atoms with Crippen molar-refractivity contribution in [3.63, 3.8) is 0 Å². The first kappa shape index (κ1) is 29.9. The van der Waals surface area contributed by atoms with Crippen molar-refractivity contribution in [1.82, 2.24) is 30.1 Å². The lowest BCUT2D eigenvalue weighted by atomic mass is 9.91. The number of methoxy groups -OCH3 is 1. The third kappa shape index (κ3) is 7.77. The molecule has 2 fully saturated rings. The molecule has 2 aliphatic heterocycles. The van der Waals surface area contributed by atoms with E-state index in [2.05, 4.69) is 34.4 Å². The van der Waals surface area contributed by atoms with Crippen LogP contribution in [-0.2, 0) is 15.9 Å². The van der Waals surface area contributed by atoms with Crippen LogP contribution in [0.3, 0.4) is 0 Å². The molecular formula is C28H43ClN6O4. The van der Waals surface area contributed by atoms with Gasteiger partial charge in [0.25, 0.3) is 5.91 Å². The zero-order valence-electron chi connectivity index (χ0n) is 23.4. The van der Waals surface area contributed by atoms with Crippen LogP contribution in [0.4, 0.5) is 0 Å². The smallest absolute Gasteiger partial charge is 0.276 e. The monoisotopic (exact) mass is 562 g/mol. The Bertz CT molecular complexity index is 1040. The predicted molar refractivity (Wildman–Crippen MR) is 150 cm³/mol. The number of carbonyl (C=O) groups is 1. The maximum absolute atomic E-state index is 14.2. The lowest BCUT2D eigenvalue weighted by molar-refractivity contribution is -0.0937. The number of hydrogen-bond donors (Lipinski definition) is 2. The second-order valence-corrected chi connectivity index (χ2v) is 11.4. The number of halogens is 1. The van der Waals surface area contributed by atoms with E-state index in [9.17, 15) is 9.90 Å². The van der Waals surface area contributed by atoms with Gasteiger partial charge < -0.3 is 24.8 Å². The molecule has 0 spiro atoms. The van der Waals surface area contributed by atoms with Gasteiger partial charge in [-0.3, -0.25) is 9.69 Å². The van der Waals surface area contributed by atoms with Gasteiger partial charge in [0, 0.05) is 63.4 Å². The maximum Gasteiger partial charge on any atom is 0.276 e. The van der Waals surface area contributed by atoms with Gasteiger partial charge in [-0.1, -0.05) is 30.7 Å². The fraction of sp³-hybridized carbons (Fsp3) is 0.679. The van der Waals surface area contributed by atoms with E-state index in [1.807, 2.05) is 29.2 Å². The van der Waals surface area contributed by atoms with Crippen LogP contribution in [0.25, 0.3) is 5.69 Å². The highest BCUT2D eigenvalue weighted by atomic mass is 35.5. The molecule has 4 rings (SSSR count). The quantitative estimate of drug-likeness (QED) is 0.380. The van der Waals surface area contributed by atoms with Gasteiger partial charge in [0.2, 0.25) is 0 Å². The highest BCUT2D eigenvalue weighted by Crippen LogP contribution is 2.26. The van der Waals surface area contributed by atoms with Crippen molar-refractivity contribution in [2.45, 2.75) is 51.8 Å². The van der Waals surface area contributed by atoms with Crippen LogP contribution < -0.4 is 5.32 Å². The van der Waals surface area contributed by atoms with Crippen molar-refractivity contribution in [1.29, 1.82) is 0 Å². The van der Waals surface area contributed by atoms with Gasteiger partial charge in [0.05, 0.1) is 24.6 Å². The standard InChI is InChI=1S/C28H43ClN6O4/c1-20(2)19-34(24-16-21(17-30-18-24)27(36)33-11-14-39-15-12-33)28(37)26-25(6-4-5-13-38-3)35(32-31-26)23-9-7-22(29)8-10-23/h7-10,20-21,24,27,30,36H,4-6,11-19H2,1-3H3/t21-,24+,27+/m1/s1. The third-order valence-corrected chi connectivity index (χ3v) is 7.77. The van der Waals surface area contributed by atoms with Gasteiger partial charge in [-0.15, -0.1) is 5.10 Å². The normalized spacial score (nSPS) is 21.3. The number of amides is 1. The number of benzene rings is 1. The molecular weight excluding hydrogens is 520 g/mol. The fourth-order valence-corrected chi connectivity index (χ4v) is 5.63. The number of aliphatic hydroxyl groups is 1. The lowest BCUT2D eigenvalue weighted by Gasteiger charge is -2.42. The summed E-state index contributed by atoms with van der Waals surface area (Å²) in [7, 11) is 1.69. The predicted octanol–water partition coefficient (Wildman–Crippen LogP) is 2.62. The molecule has 216 valence electrons. The van der Waals surface area contributed by atoms with Crippen molar-refractivity contribution >= 4 is 17.5 Å². The second-order valence-electron chi connectivity index (χ2n) is 10.9. The average molecular weight is 563 g/mol. The number of carbonyl (C=O) groups excluding carboxylic acids is 1. The Hall–Kier alpha value is -2.08. The van der Waals surface area contributed by atoms with Crippen LogP contribution in [0.2, 0.25) is 5.02 Å². The summed E-state index contributed by atoms with van der Waals surface area (Å²) in [4.78, 5) is 18.2. The molecule has 39 heavy (non-hydrogen) atoms. The Balaban J connectivity index is 1.58. The number of hydrogen-bond acceptors (Lipinski definition) is 8. The summed E-state index contributed by atoms with van der Waals surface area (Å²) in [6.07, 6.45) is 2.52. The molecule has 1 aromatic carbocycles. The van der Waals surface area contributed by atoms with Gasteiger partial charge in [0.1, 0.15) is 6.23 Å². The van der Waals surface area contributed by atoms with Crippen molar-refractivity contribution < 1.29 is 19.4 Å². The summed E-state index contributed by atoms with van der Waals surface area (Å²) in [5.41, 5.74) is 2.00. The third-order valence-electron chi connectivity index (χ3n) is 7.52. The van der Waals surface area contributed by atoms with E-state index in [-0.39, 0.29) is 23.8 Å². The molecule has 10 nitrogen and oxygen atoms in total. The number of rotatable bonds is 12. The van der Waals surface area contributed by atoms with E-state index in [4.69, 9.17) is 21.1 Å². The molecule has 2 N–H and O–H groups in total. The van der Waals surface area contributed by atoms with Gasteiger partial charge in [0.15, 0.2) is 5.69 Å². The summed E-state index contributed by atoms with van der Waals surface area (Å²) >= 11 is 6.12. The van der Waals surface area contributed by atoms with Crippen LogP contribution in [0.1, 0.15) is 49.3 Å². The molecule has 2 saturated heterocycles. The Morgan fingerprint density at radius 2 is 1.97 bits per heavy atom. The van der Waals surface area contributed by atoms with Gasteiger partial charge >= 0.3 is 0 Å². The molecule has 11 heteroatoms. The van der Waals surface area contributed by atoms with Crippen molar-refractivity contribution in [2.75, 3.05) is 59.7 Å². The first-order valence-electron chi connectivity index (χ1n) is 14.1. The van der Waals surface area contributed by atoms with E-state index in [1.54, 1.807) is 11.8 Å². The molecule has 2 aliphatic rings. The molecule has 0 unspecified atom stereocenters. The number of aliphatic hydroxyl groups excluding tert-OH is 1. The summed E-state index contributed by atoms with van der Waals surface area (Å²) in [6.45, 7) is 9.60. The largest absolute Gasteiger partial charge is 0.385 e. The number of piperidine rings is 1. The number of aromatic nitrogens is 3. The van der Waals surface area contributed by atoms with E-state index in [0.717, 1.165) is 50.3 Å². The SMILES string of the molecule is COCCCCc1c(C(=O)N(CC(C)C)[C@@H]2CNC[C@H]([C@H](O)N3CCOCC3)C2)nnn1-c1ccc(Cl)cc1. The molecule has 3 heterocycles. The Labute approximate surface area is 236 Å². The highest BCUT2D eigenvalue weighted by Gasteiger charge is 2.37. The Morgan fingerprint density at radius 1 is 1.23 bits per heavy atom. The number of ether oxygens (including phenoxy) is 2. The molecule has 0 aliphatic carbocycles.